The maximum atomic E-state index is 12.5. The number of esters is 1. The van der Waals surface area contributed by atoms with Crippen LogP contribution in [0.15, 0.2) is 24.3 Å². The van der Waals surface area contributed by atoms with Gasteiger partial charge in [0.25, 0.3) is 5.91 Å². The van der Waals surface area contributed by atoms with E-state index in [-0.39, 0.29) is 23.6 Å². The van der Waals surface area contributed by atoms with Crippen molar-refractivity contribution in [1.29, 1.82) is 0 Å². The largest absolute Gasteiger partial charge is 0.496 e. The Morgan fingerprint density at radius 3 is 1.88 bits per heavy atom. The Morgan fingerprint density at radius 2 is 1.31 bits per heavy atom. The summed E-state index contributed by atoms with van der Waals surface area (Å²) in [6.45, 7) is -0.370. The Labute approximate surface area is 186 Å². The van der Waals surface area contributed by atoms with Crippen molar-refractivity contribution in [2.45, 2.75) is 6.54 Å². The minimum Gasteiger partial charge on any atom is -0.496 e. The van der Waals surface area contributed by atoms with Crippen LogP contribution in [-0.4, -0.2) is 61.1 Å². The smallest absolute Gasteiger partial charge is 0.342 e. The van der Waals surface area contributed by atoms with Gasteiger partial charge in [0.1, 0.15) is 11.3 Å². The lowest BCUT2D eigenvalue weighted by Gasteiger charge is -2.15. The zero-order valence-corrected chi connectivity index (χ0v) is 18.9. The zero-order valence-electron chi connectivity index (χ0n) is 18.9. The van der Waals surface area contributed by atoms with E-state index in [1.54, 1.807) is 18.2 Å². The summed E-state index contributed by atoms with van der Waals surface area (Å²) in [5.74, 6) is 1.03. The molecule has 2 rings (SSSR count). The van der Waals surface area contributed by atoms with Gasteiger partial charge in [-0.2, -0.15) is 0 Å². The molecule has 0 fully saturated rings. The van der Waals surface area contributed by atoms with Gasteiger partial charge < -0.3 is 38.5 Å². The molecule has 0 radical (unpaired) electrons. The first-order valence-electron chi connectivity index (χ1n) is 9.45. The fraction of sp³-hybridized carbons (Fsp3) is 0.364. The van der Waals surface area contributed by atoms with Crippen molar-refractivity contribution in [3.05, 3.63) is 35.4 Å². The van der Waals surface area contributed by atoms with Crippen LogP contribution in [0, 0.1) is 0 Å². The lowest BCUT2D eigenvalue weighted by atomic mass is 10.1. The number of benzene rings is 2. The van der Waals surface area contributed by atoms with Gasteiger partial charge in [-0.25, -0.2) is 4.79 Å². The van der Waals surface area contributed by atoms with E-state index in [0.29, 0.717) is 28.6 Å². The van der Waals surface area contributed by atoms with Gasteiger partial charge in [-0.05, 0) is 18.2 Å². The van der Waals surface area contributed by atoms with Crippen LogP contribution in [0.3, 0.4) is 0 Å². The average molecular weight is 449 g/mol. The van der Waals surface area contributed by atoms with Gasteiger partial charge in [-0.1, -0.05) is 0 Å². The number of carbonyl (C=O) groups is 2. The average Bonchev–Trinajstić information content (AvgIpc) is 2.83. The van der Waals surface area contributed by atoms with Gasteiger partial charge >= 0.3 is 5.97 Å². The summed E-state index contributed by atoms with van der Waals surface area (Å²) in [5, 5.41) is 2.67. The number of amides is 1. The van der Waals surface area contributed by atoms with E-state index in [0.717, 1.165) is 0 Å². The molecule has 2 aromatic carbocycles. The highest BCUT2D eigenvalue weighted by molar-refractivity contribution is 5.95. The SMILES string of the molecule is COc1cc(OC)c(OC)cc1CNC(=O)COC(=O)c1ccc(OC)c(OC)c1OC. The molecule has 0 unspecified atom stereocenters. The van der Waals surface area contributed by atoms with Gasteiger partial charge in [0.15, 0.2) is 29.6 Å². The summed E-state index contributed by atoms with van der Waals surface area (Å²) in [4.78, 5) is 24.7. The molecule has 0 heterocycles. The van der Waals surface area contributed by atoms with Crippen molar-refractivity contribution in [3.8, 4) is 34.5 Å². The summed E-state index contributed by atoms with van der Waals surface area (Å²) in [6, 6.07) is 6.36. The number of hydrogen-bond donors (Lipinski definition) is 1. The van der Waals surface area contributed by atoms with E-state index in [1.165, 1.54) is 48.7 Å². The van der Waals surface area contributed by atoms with E-state index in [2.05, 4.69) is 5.32 Å². The Bertz CT molecular complexity index is 959. The molecule has 10 heteroatoms. The van der Waals surface area contributed by atoms with Crippen LogP contribution in [0.25, 0.3) is 0 Å². The van der Waals surface area contributed by atoms with Crippen molar-refractivity contribution in [2.75, 3.05) is 49.3 Å². The van der Waals surface area contributed by atoms with Crippen molar-refractivity contribution in [3.63, 3.8) is 0 Å². The molecule has 174 valence electrons. The van der Waals surface area contributed by atoms with Crippen molar-refractivity contribution < 1.29 is 42.7 Å². The van der Waals surface area contributed by atoms with E-state index in [1.807, 2.05) is 0 Å². The summed E-state index contributed by atoms with van der Waals surface area (Å²) in [6.07, 6.45) is 0. The van der Waals surface area contributed by atoms with Crippen LogP contribution >= 0.6 is 0 Å². The van der Waals surface area contributed by atoms with Crippen molar-refractivity contribution >= 4 is 11.9 Å². The predicted molar refractivity (Wildman–Crippen MR) is 114 cm³/mol. The van der Waals surface area contributed by atoms with Crippen LogP contribution in [0.1, 0.15) is 15.9 Å². The van der Waals surface area contributed by atoms with E-state index < -0.39 is 18.5 Å². The second-order valence-corrected chi connectivity index (χ2v) is 6.25. The Morgan fingerprint density at radius 1 is 0.719 bits per heavy atom. The number of hydrogen-bond acceptors (Lipinski definition) is 9. The first kappa shape index (κ1) is 24.4. The minimum atomic E-state index is -0.748. The topological polar surface area (TPSA) is 111 Å². The molecule has 0 aliphatic rings. The third kappa shape index (κ3) is 5.45. The second-order valence-electron chi connectivity index (χ2n) is 6.25. The third-order valence-corrected chi connectivity index (χ3v) is 4.52. The minimum absolute atomic E-state index is 0.0968. The predicted octanol–water partition coefficient (Wildman–Crippen LogP) is 2.21. The molecule has 0 saturated heterocycles. The first-order valence-corrected chi connectivity index (χ1v) is 9.45. The van der Waals surface area contributed by atoms with Crippen LogP contribution < -0.4 is 33.7 Å². The summed E-state index contributed by atoms with van der Waals surface area (Å²) in [7, 11) is 8.80. The second kappa shape index (κ2) is 11.5. The molecular formula is C22H27NO9. The standard InChI is InChI=1S/C22H27NO9/c1-26-15-8-7-14(20(30-5)21(15)31-6)22(25)32-12-19(24)23-11-13-9-17(28-3)18(29-4)10-16(13)27-2/h7-10H,11-12H2,1-6H3,(H,23,24). The summed E-state index contributed by atoms with van der Waals surface area (Å²) < 4.78 is 36.7. The molecule has 10 nitrogen and oxygen atoms in total. The number of nitrogens with one attached hydrogen (secondary N) is 1. The molecule has 0 aromatic heterocycles. The molecule has 0 atom stereocenters. The Hall–Kier alpha value is -3.82. The van der Waals surface area contributed by atoms with Crippen molar-refractivity contribution in [1.82, 2.24) is 5.32 Å². The monoisotopic (exact) mass is 449 g/mol. The van der Waals surface area contributed by atoms with Gasteiger partial charge in [0, 0.05) is 18.2 Å². The number of carbonyl (C=O) groups excluding carboxylic acids is 2. The van der Waals surface area contributed by atoms with Crippen LogP contribution in [0.2, 0.25) is 0 Å². The quantitative estimate of drug-likeness (QED) is 0.516. The molecule has 0 spiro atoms. The third-order valence-electron chi connectivity index (χ3n) is 4.52. The normalized spacial score (nSPS) is 10.1. The highest BCUT2D eigenvalue weighted by Gasteiger charge is 2.22. The van der Waals surface area contributed by atoms with Gasteiger partial charge in [-0.3, -0.25) is 4.79 Å². The molecular weight excluding hydrogens is 422 g/mol. The highest BCUT2D eigenvalue weighted by Crippen LogP contribution is 2.40. The molecule has 0 bridgehead atoms. The summed E-state index contributed by atoms with van der Waals surface area (Å²) in [5.41, 5.74) is 0.755. The molecule has 32 heavy (non-hydrogen) atoms. The van der Waals surface area contributed by atoms with Crippen molar-refractivity contribution in [2.24, 2.45) is 0 Å². The Balaban J connectivity index is 2.04. The van der Waals surface area contributed by atoms with Gasteiger partial charge in [0.2, 0.25) is 5.75 Å². The molecule has 1 amide bonds. The zero-order chi connectivity index (χ0) is 23.7. The maximum Gasteiger partial charge on any atom is 0.342 e. The van der Waals surface area contributed by atoms with Gasteiger partial charge in [0.05, 0.1) is 42.7 Å². The highest BCUT2D eigenvalue weighted by atomic mass is 16.5. The fourth-order valence-corrected chi connectivity index (χ4v) is 2.95. The molecule has 0 aliphatic heterocycles. The fourth-order valence-electron chi connectivity index (χ4n) is 2.95. The van der Waals surface area contributed by atoms with E-state index >= 15 is 0 Å². The number of ether oxygens (including phenoxy) is 7. The van der Waals surface area contributed by atoms with Gasteiger partial charge in [-0.15, -0.1) is 0 Å². The summed E-state index contributed by atoms with van der Waals surface area (Å²) >= 11 is 0. The Kier molecular flexibility index (Phi) is 8.82. The molecule has 1 N–H and O–H groups in total. The maximum absolute atomic E-state index is 12.5. The van der Waals surface area contributed by atoms with Crippen LogP contribution in [0.5, 0.6) is 34.5 Å². The first-order chi connectivity index (χ1) is 15.4. The van der Waals surface area contributed by atoms with E-state index in [9.17, 15) is 9.59 Å². The molecule has 0 aliphatic carbocycles. The number of methoxy groups -OCH3 is 6. The lowest BCUT2D eigenvalue weighted by Crippen LogP contribution is -2.28. The lowest BCUT2D eigenvalue weighted by molar-refractivity contribution is -0.124. The van der Waals surface area contributed by atoms with Crippen LogP contribution in [-0.2, 0) is 16.1 Å². The van der Waals surface area contributed by atoms with Crippen LogP contribution in [0.4, 0.5) is 0 Å². The molecule has 2 aromatic rings. The van der Waals surface area contributed by atoms with E-state index in [4.69, 9.17) is 33.2 Å². The molecule has 0 saturated carbocycles. The number of rotatable bonds is 11.